The van der Waals surface area contributed by atoms with Crippen LogP contribution in [0.2, 0.25) is 0 Å². The molecule has 3 heterocycles. The number of rotatable bonds is 6. The number of aromatic carboxylic acids is 1. The van der Waals surface area contributed by atoms with Gasteiger partial charge in [0, 0.05) is 30.9 Å². The first-order chi connectivity index (χ1) is 13.7. The molecule has 4 rings (SSSR count). The smallest absolute Gasteiger partial charge is 0.336 e. The fourth-order valence-electron chi connectivity index (χ4n) is 3.87. The van der Waals surface area contributed by atoms with Crippen LogP contribution in [-0.4, -0.2) is 39.0 Å². The maximum atomic E-state index is 11.4. The van der Waals surface area contributed by atoms with Crippen LogP contribution in [0.25, 0.3) is 11.3 Å². The van der Waals surface area contributed by atoms with E-state index in [0.717, 1.165) is 44.1 Å². The lowest BCUT2D eigenvalue weighted by molar-refractivity contribution is 0.0697. The molecule has 1 fully saturated rings. The predicted molar refractivity (Wildman–Crippen MR) is 105 cm³/mol. The average molecular weight is 377 g/mol. The van der Waals surface area contributed by atoms with Gasteiger partial charge in [0.05, 0.1) is 12.1 Å². The van der Waals surface area contributed by atoms with E-state index in [0.29, 0.717) is 17.2 Å². The van der Waals surface area contributed by atoms with Crippen molar-refractivity contribution < 1.29 is 14.3 Å². The first-order valence-electron chi connectivity index (χ1n) is 9.58. The number of likely N-dealkylation sites (tertiary alicyclic amines) is 1. The van der Waals surface area contributed by atoms with Crippen LogP contribution in [-0.2, 0) is 13.0 Å². The minimum Gasteiger partial charge on any atom is -0.478 e. The Morgan fingerprint density at radius 2 is 1.96 bits per heavy atom. The molecule has 0 saturated carbocycles. The highest BCUT2D eigenvalue weighted by atomic mass is 16.4. The zero-order valence-electron chi connectivity index (χ0n) is 15.6. The number of carboxylic acids is 1. The van der Waals surface area contributed by atoms with E-state index in [1.807, 2.05) is 24.3 Å². The van der Waals surface area contributed by atoms with Gasteiger partial charge in [-0.05, 0) is 49.6 Å². The summed E-state index contributed by atoms with van der Waals surface area (Å²) in [6.45, 7) is 2.75. The van der Waals surface area contributed by atoms with Crippen LogP contribution in [0.5, 0.6) is 0 Å². The second kappa shape index (κ2) is 8.35. The topological polar surface area (TPSA) is 79.5 Å². The van der Waals surface area contributed by atoms with Crippen molar-refractivity contribution in [1.82, 2.24) is 14.9 Å². The third-order valence-corrected chi connectivity index (χ3v) is 5.16. The molecular weight excluding hydrogens is 354 g/mol. The lowest BCUT2D eigenvalue weighted by Crippen LogP contribution is -2.35. The van der Waals surface area contributed by atoms with Crippen LogP contribution >= 0.6 is 0 Å². The third-order valence-electron chi connectivity index (χ3n) is 5.16. The largest absolute Gasteiger partial charge is 0.478 e. The minimum atomic E-state index is -0.949. The maximum Gasteiger partial charge on any atom is 0.336 e. The summed E-state index contributed by atoms with van der Waals surface area (Å²) in [6.07, 6.45) is 6.81. The van der Waals surface area contributed by atoms with Gasteiger partial charge >= 0.3 is 5.97 Å². The molecule has 3 aromatic rings. The summed E-state index contributed by atoms with van der Waals surface area (Å²) in [5.41, 5.74) is 0.864. The van der Waals surface area contributed by atoms with Crippen LogP contribution in [0.1, 0.15) is 34.8 Å². The SMILES string of the molecule is O=C(O)c1ccccc1-c1ccc(CN2CCC[C@@H](Cc3ncccn3)C2)o1. The molecule has 0 unspecified atom stereocenters. The Morgan fingerprint density at radius 1 is 1.14 bits per heavy atom. The lowest BCUT2D eigenvalue weighted by atomic mass is 9.94. The molecule has 1 aromatic carbocycles. The summed E-state index contributed by atoms with van der Waals surface area (Å²) in [5.74, 6) is 1.94. The van der Waals surface area contributed by atoms with Crippen molar-refractivity contribution in [2.24, 2.45) is 5.92 Å². The van der Waals surface area contributed by atoms with Crippen LogP contribution in [0.4, 0.5) is 0 Å². The first kappa shape index (κ1) is 18.4. The average Bonchev–Trinajstić information content (AvgIpc) is 3.17. The van der Waals surface area contributed by atoms with E-state index in [-0.39, 0.29) is 5.56 Å². The van der Waals surface area contributed by atoms with E-state index in [1.165, 1.54) is 6.42 Å². The molecule has 1 aliphatic rings. The summed E-state index contributed by atoms with van der Waals surface area (Å²) >= 11 is 0. The molecular formula is C22H23N3O3. The second-order valence-corrected chi connectivity index (χ2v) is 7.23. The highest BCUT2D eigenvalue weighted by Gasteiger charge is 2.22. The summed E-state index contributed by atoms with van der Waals surface area (Å²) in [7, 11) is 0. The van der Waals surface area contributed by atoms with Crippen LogP contribution < -0.4 is 0 Å². The van der Waals surface area contributed by atoms with Gasteiger partial charge < -0.3 is 9.52 Å². The number of carbonyl (C=O) groups is 1. The van der Waals surface area contributed by atoms with E-state index in [4.69, 9.17) is 4.42 Å². The normalized spacial score (nSPS) is 17.5. The molecule has 0 spiro atoms. The summed E-state index contributed by atoms with van der Waals surface area (Å²) in [5, 5.41) is 9.38. The number of piperidine rings is 1. The molecule has 6 heteroatoms. The fourth-order valence-corrected chi connectivity index (χ4v) is 3.87. The Morgan fingerprint density at radius 3 is 2.79 bits per heavy atom. The minimum absolute atomic E-state index is 0.254. The van der Waals surface area contributed by atoms with Crippen LogP contribution in [0.3, 0.4) is 0 Å². The van der Waals surface area contributed by atoms with Crippen molar-refractivity contribution in [1.29, 1.82) is 0 Å². The van der Waals surface area contributed by atoms with Gasteiger partial charge in [0.2, 0.25) is 0 Å². The van der Waals surface area contributed by atoms with Crippen molar-refractivity contribution in [2.75, 3.05) is 13.1 Å². The maximum absolute atomic E-state index is 11.4. The number of nitrogens with zero attached hydrogens (tertiary/aromatic N) is 3. The molecule has 144 valence electrons. The Balaban J connectivity index is 1.42. The standard InChI is InChI=1S/C22H23N3O3/c26-22(27)19-7-2-1-6-18(19)20-9-8-17(28-20)15-25-12-3-5-16(14-25)13-21-23-10-4-11-24-21/h1-2,4,6-11,16H,3,5,12-15H2,(H,26,27)/t16-/m0/s1. The van der Waals surface area contributed by atoms with E-state index < -0.39 is 5.97 Å². The monoisotopic (exact) mass is 377 g/mol. The number of carboxylic acid groups (broad SMARTS) is 1. The Bertz CT molecular complexity index is 939. The van der Waals surface area contributed by atoms with Gasteiger partial charge in [-0.25, -0.2) is 14.8 Å². The molecule has 1 atom stereocenters. The third kappa shape index (κ3) is 4.28. The number of hydrogen-bond donors (Lipinski definition) is 1. The van der Waals surface area contributed by atoms with Gasteiger partial charge in [-0.15, -0.1) is 0 Å². The van der Waals surface area contributed by atoms with Crippen molar-refractivity contribution in [3.8, 4) is 11.3 Å². The van der Waals surface area contributed by atoms with Gasteiger partial charge in [0.15, 0.2) is 0 Å². The van der Waals surface area contributed by atoms with Crippen LogP contribution in [0, 0.1) is 5.92 Å². The molecule has 0 amide bonds. The predicted octanol–water partition coefficient (Wildman–Crippen LogP) is 3.89. The molecule has 0 aliphatic carbocycles. The van der Waals surface area contributed by atoms with Gasteiger partial charge in [0.1, 0.15) is 17.3 Å². The van der Waals surface area contributed by atoms with Gasteiger partial charge in [-0.3, -0.25) is 4.90 Å². The van der Waals surface area contributed by atoms with E-state index in [9.17, 15) is 9.90 Å². The fraction of sp³-hybridized carbons (Fsp3) is 0.318. The second-order valence-electron chi connectivity index (χ2n) is 7.23. The quantitative estimate of drug-likeness (QED) is 0.702. The zero-order chi connectivity index (χ0) is 19.3. The Kier molecular flexibility index (Phi) is 5.48. The zero-order valence-corrected chi connectivity index (χ0v) is 15.6. The molecule has 2 aromatic heterocycles. The number of aromatic nitrogens is 2. The number of furan rings is 1. The molecule has 0 bridgehead atoms. The Labute approximate surface area is 163 Å². The van der Waals surface area contributed by atoms with E-state index >= 15 is 0 Å². The summed E-state index contributed by atoms with van der Waals surface area (Å²) in [6, 6.07) is 12.6. The van der Waals surface area contributed by atoms with Crippen molar-refractivity contribution >= 4 is 5.97 Å². The van der Waals surface area contributed by atoms with E-state index in [1.54, 1.807) is 30.6 Å². The molecule has 1 N–H and O–H groups in total. The highest BCUT2D eigenvalue weighted by molar-refractivity contribution is 5.95. The molecule has 6 nitrogen and oxygen atoms in total. The number of benzene rings is 1. The van der Waals surface area contributed by atoms with Gasteiger partial charge in [-0.2, -0.15) is 0 Å². The summed E-state index contributed by atoms with van der Waals surface area (Å²) < 4.78 is 5.99. The van der Waals surface area contributed by atoms with Crippen molar-refractivity contribution in [2.45, 2.75) is 25.8 Å². The first-order valence-corrected chi connectivity index (χ1v) is 9.58. The van der Waals surface area contributed by atoms with E-state index in [2.05, 4.69) is 14.9 Å². The Hall–Kier alpha value is -2.99. The summed E-state index contributed by atoms with van der Waals surface area (Å²) in [4.78, 5) is 22.5. The lowest BCUT2D eigenvalue weighted by Gasteiger charge is -2.31. The van der Waals surface area contributed by atoms with Crippen molar-refractivity contribution in [3.05, 3.63) is 72.0 Å². The number of hydrogen-bond acceptors (Lipinski definition) is 5. The molecule has 1 aliphatic heterocycles. The molecule has 1 saturated heterocycles. The van der Waals surface area contributed by atoms with Gasteiger partial charge in [0.25, 0.3) is 0 Å². The molecule has 28 heavy (non-hydrogen) atoms. The van der Waals surface area contributed by atoms with Crippen molar-refractivity contribution in [3.63, 3.8) is 0 Å². The molecule has 0 radical (unpaired) electrons. The van der Waals surface area contributed by atoms with Gasteiger partial charge in [-0.1, -0.05) is 18.2 Å². The van der Waals surface area contributed by atoms with Crippen LogP contribution in [0.15, 0.2) is 59.3 Å². The highest BCUT2D eigenvalue weighted by Crippen LogP contribution is 2.27.